The van der Waals surface area contributed by atoms with Gasteiger partial charge in [0, 0.05) is 18.9 Å². The first-order valence-corrected chi connectivity index (χ1v) is 11.5. The van der Waals surface area contributed by atoms with E-state index in [1.807, 2.05) is 36.4 Å². The number of aromatic amines is 1. The second kappa shape index (κ2) is 9.48. The number of anilines is 3. The summed E-state index contributed by atoms with van der Waals surface area (Å²) in [5.41, 5.74) is 1.17. The number of benzene rings is 2. The van der Waals surface area contributed by atoms with Crippen LogP contribution in [0.5, 0.6) is 0 Å². The Morgan fingerprint density at radius 2 is 1.95 bits per heavy atom. The molecule has 12 heteroatoms. The van der Waals surface area contributed by atoms with Crippen LogP contribution in [0.4, 0.5) is 17.5 Å². The molecule has 5 rings (SSSR count). The van der Waals surface area contributed by atoms with Crippen molar-refractivity contribution in [2.75, 3.05) is 17.2 Å². The predicted octanol–water partition coefficient (Wildman–Crippen LogP) is 2.82. The summed E-state index contributed by atoms with van der Waals surface area (Å²) in [5, 5.41) is 33.9. The van der Waals surface area contributed by atoms with Crippen LogP contribution in [0.2, 0.25) is 0 Å². The van der Waals surface area contributed by atoms with Crippen molar-refractivity contribution in [3.63, 3.8) is 0 Å². The SMILES string of the molecule is Cn1[nH]c(=O)c2ccc(Nc3ncc(-c4nc(C(C)(C)O)no4)c(N[C@H](CO)c4ccccc4)n3)cc21. The first kappa shape index (κ1) is 24.2. The van der Waals surface area contributed by atoms with Crippen molar-refractivity contribution in [3.05, 3.63) is 76.5 Å². The van der Waals surface area contributed by atoms with Crippen LogP contribution in [0.1, 0.15) is 31.3 Å². The number of fused-ring (bicyclic) bond motifs is 1. The lowest BCUT2D eigenvalue weighted by Gasteiger charge is -2.19. The Morgan fingerprint density at radius 1 is 1.16 bits per heavy atom. The number of aliphatic hydroxyl groups is 2. The molecule has 0 spiro atoms. The molecule has 0 radical (unpaired) electrons. The third kappa shape index (κ3) is 4.92. The summed E-state index contributed by atoms with van der Waals surface area (Å²) < 4.78 is 7.04. The molecule has 5 aromatic rings. The topological polar surface area (TPSA) is 167 Å². The van der Waals surface area contributed by atoms with E-state index in [1.54, 1.807) is 37.7 Å². The van der Waals surface area contributed by atoms with Crippen molar-refractivity contribution >= 4 is 28.4 Å². The molecule has 0 bridgehead atoms. The smallest absolute Gasteiger partial charge is 0.271 e. The molecule has 3 aromatic heterocycles. The normalized spacial score (nSPS) is 12.6. The minimum atomic E-state index is -1.30. The number of aromatic nitrogens is 6. The number of hydrogen-bond acceptors (Lipinski definition) is 10. The van der Waals surface area contributed by atoms with Crippen LogP contribution in [0.15, 0.2) is 64.0 Å². The first-order valence-electron chi connectivity index (χ1n) is 11.5. The summed E-state index contributed by atoms with van der Waals surface area (Å²) in [7, 11) is 1.76. The van der Waals surface area contributed by atoms with Gasteiger partial charge in [0.15, 0.2) is 0 Å². The van der Waals surface area contributed by atoms with E-state index in [0.717, 1.165) is 11.1 Å². The molecule has 12 nitrogen and oxygen atoms in total. The van der Waals surface area contributed by atoms with Crippen LogP contribution in [0.3, 0.4) is 0 Å². The lowest BCUT2D eigenvalue weighted by Crippen LogP contribution is -2.18. The highest BCUT2D eigenvalue weighted by molar-refractivity contribution is 5.83. The average Bonchev–Trinajstić information content (AvgIpc) is 3.48. The predicted molar refractivity (Wildman–Crippen MR) is 137 cm³/mol. The summed E-state index contributed by atoms with van der Waals surface area (Å²) in [5.74, 6) is 0.821. The Labute approximate surface area is 211 Å². The molecule has 0 unspecified atom stereocenters. The molecule has 0 saturated heterocycles. The fourth-order valence-corrected chi connectivity index (χ4v) is 3.86. The molecule has 0 amide bonds. The fourth-order valence-electron chi connectivity index (χ4n) is 3.86. The Hall–Kier alpha value is -4.55. The van der Waals surface area contributed by atoms with Gasteiger partial charge >= 0.3 is 0 Å². The molecule has 2 aromatic carbocycles. The van der Waals surface area contributed by atoms with E-state index in [-0.39, 0.29) is 29.8 Å². The number of H-pyrrole nitrogens is 1. The zero-order valence-corrected chi connectivity index (χ0v) is 20.4. The minimum absolute atomic E-state index is 0.111. The minimum Gasteiger partial charge on any atom is -0.394 e. The third-order valence-electron chi connectivity index (χ3n) is 5.82. The largest absolute Gasteiger partial charge is 0.394 e. The Morgan fingerprint density at radius 3 is 2.65 bits per heavy atom. The van der Waals surface area contributed by atoms with Crippen LogP contribution in [0, 0.1) is 0 Å². The van der Waals surface area contributed by atoms with Gasteiger partial charge in [-0.05, 0) is 37.6 Å². The van der Waals surface area contributed by atoms with Crippen molar-refractivity contribution in [1.82, 2.24) is 29.9 Å². The van der Waals surface area contributed by atoms with Gasteiger partial charge in [-0.2, -0.15) is 9.97 Å². The van der Waals surface area contributed by atoms with E-state index >= 15 is 0 Å². The monoisotopic (exact) mass is 502 g/mol. The number of aryl methyl sites for hydroxylation is 1. The van der Waals surface area contributed by atoms with E-state index < -0.39 is 11.6 Å². The second-order valence-corrected chi connectivity index (χ2v) is 9.09. The quantitative estimate of drug-likeness (QED) is 0.213. The summed E-state index contributed by atoms with van der Waals surface area (Å²) in [6, 6.07) is 14.2. The summed E-state index contributed by atoms with van der Waals surface area (Å²) in [4.78, 5) is 25.4. The van der Waals surface area contributed by atoms with E-state index in [1.165, 1.54) is 6.20 Å². The molecule has 1 atom stereocenters. The van der Waals surface area contributed by atoms with E-state index in [2.05, 4.69) is 35.8 Å². The van der Waals surface area contributed by atoms with Gasteiger partial charge < -0.3 is 25.4 Å². The van der Waals surface area contributed by atoms with Gasteiger partial charge in [0.1, 0.15) is 17.0 Å². The third-order valence-corrected chi connectivity index (χ3v) is 5.82. The van der Waals surface area contributed by atoms with Crippen LogP contribution < -0.4 is 16.2 Å². The van der Waals surface area contributed by atoms with E-state index in [0.29, 0.717) is 22.5 Å². The van der Waals surface area contributed by atoms with E-state index in [9.17, 15) is 15.0 Å². The zero-order valence-electron chi connectivity index (χ0n) is 20.4. The standard InChI is InChI=1S/C25H26N8O4/c1-25(2,36)23-30-22(37-32-23)17-12-26-24(27-15-9-10-16-19(11-15)33(3)31-21(16)35)29-20(17)28-18(13-34)14-7-5-4-6-8-14/h4-12,18,34,36H,13H2,1-3H3,(H,31,35)(H2,26,27,28,29)/t18-/m1/s1. The number of aliphatic hydroxyl groups excluding tert-OH is 1. The van der Waals surface area contributed by atoms with Gasteiger partial charge in [-0.25, -0.2) is 4.98 Å². The number of nitrogens with zero attached hydrogens (tertiary/aromatic N) is 5. The van der Waals surface area contributed by atoms with Gasteiger partial charge in [-0.3, -0.25) is 14.6 Å². The molecular formula is C25H26N8O4. The molecule has 0 aliphatic carbocycles. The Bertz CT molecular complexity index is 1600. The maximum absolute atomic E-state index is 12.0. The van der Waals surface area contributed by atoms with Crippen LogP contribution in [-0.2, 0) is 12.6 Å². The van der Waals surface area contributed by atoms with Gasteiger partial charge in [0.05, 0.1) is 23.6 Å². The molecule has 5 N–H and O–H groups in total. The van der Waals surface area contributed by atoms with Crippen LogP contribution >= 0.6 is 0 Å². The van der Waals surface area contributed by atoms with Gasteiger partial charge in [-0.1, -0.05) is 35.5 Å². The van der Waals surface area contributed by atoms with Gasteiger partial charge in [0.2, 0.25) is 11.8 Å². The van der Waals surface area contributed by atoms with E-state index in [4.69, 9.17) is 4.52 Å². The lowest BCUT2D eigenvalue weighted by molar-refractivity contribution is 0.0661. The lowest BCUT2D eigenvalue weighted by atomic mass is 10.1. The summed E-state index contributed by atoms with van der Waals surface area (Å²) in [6.07, 6.45) is 1.52. The Balaban J connectivity index is 1.53. The molecule has 0 saturated carbocycles. The van der Waals surface area contributed by atoms with Crippen molar-refractivity contribution in [3.8, 4) is 11.5 Å². The van der Waals surface area contributed by atoms with Crippen molar-refractivity contribution in [1.29, 1.82) is 0 Å². The number of hydrogen-bond donors (Lipinski definition) is 5. The Kier molecular flexibility index (Phi) is 6.19. The molecule has 3 heterocycles. The van der Waals surface area contributed by atoms with Gasteiger partial charge in [-0.15, -0.1) is 0 Å². The summed E-state index contributed by atoms with van der Waals surface area (Å²) >= 11 is 0. The zero-order chi connectivity index (χ0) is 26.2. The average molecular weight is 503 g/mol. The second-order valence-electron chi connectivity index (χ2n) is 9.09. The highest BCUT2D eigenvalue weighted by Crippen LogP contribution is 2.31. The van der Waals surface area contributed by atoms with Crippen molar-refractivity contribution < 1.29 is 14.7 Å². The molecule has 0 aliphatic heterocycles. The van der Waals surface area contributed by atoms with Crippen LogP contribution in [-0.4, -0.2) is 46.7 Å². The highest BCUT2D eigenvalue weighted by atomic mass is 16.5. The maximum Gasteiger partial charge on any atom is 0.271 e. The summed E-state index contributed by atoms with van der Waals surface area (Å²) in [6.45, 7) is 2.91. The van der Waals surface area contributed by atoms with Gasteiger partial charge in [0.25, 0.3) is 11.4 Å². The molecule has 0 aliphatic rings. The molecular weight excluding hydrogens is 476 g/mol. The first-order chi connectivity index (χ1) is 17.7. The maximum atomic E-state index is 12.0. The highest BCUT2D eigenvalue weighted by Gasteiger charge is 2.26. The van der Waals surface area contributed by atoms with Crippen molar-refractivity contribution in [2.45, 2.75) is 25.5 Å². The molecule has 37 heavy (non-hydrogen) atoms. The number of rotatable bonds is 8. The van der Waals surface area contributed by atoms with Crippen LogP contribution in [0.25, 0.3) is 22.4 Å². The fraction of sp³-hybridized carbons (Fsp3) is 0.240. The molecule has 0 fully saturated rings. The molecule has 190 valence electrons. The van der Waals surface area contributed by atoms with Crippen molar-refractivity contribution in [2.24, 2.45) is 7.05 Å². The number of nitrogens with one attached hydrogen (secondary N) is 3.